The quantitative estimate of drug-likeness (QED) is 0.507. The van der Waals surface area contributed by atoms with Crippen LogP contribution in [0.1, 0.15) is 78.6 Å². The molecule has 0 spiro atoms. The molecule has 0 aliphatic carbocycles. The Morgan fingerprint density at radius 1 is 0.528 bits per heavy atom. The van der Waals surface area contributed by atoms with Gasteiger partial charge in [0, 0.05) is 76.3 Å². The van der Waals surface area contributed by atoms with Crippen molar-refractivity contribution in [2.45, 2.75) is 78.6 Å². The number of nitrogens with zero attached hydrogens (tertiary/aromatic N) is 6. The van der Waals surface area contributed by atoms with Gasteiger partial charge in [-0.25, -0.2) is 0 Å². The molecule has 0 amide bonds. The number of anilines is 3. The lowest BCUT2D eigenvalue weighted by Crippen LogP contribution is -2.41. The largest absolute Gasteiger partial charge is 0.341 e. The van der Waals surface area contributed by atoms with Gasteiger partial charge in [-0.1, -0.05) is 20.8 Å². The first kappa shape index (κ1) is 26.5. The molecule has 0 atom stereocenters. The van der Waals surface area contributed by atoms with Crippen molar-refractivity contribution in [2.24, 2.45) is 17.8 Å². The van der Waals surface area contributed by atoms with E-state index in [1.54, 1.807) is 0 Å². The molecule has 0 bridgehead atoms. The van der Waals surface area contributed by atoms with Crippen LogP contribution in [0.5, 0.6) is 0 Å². The highest BCUT2D eigenvalue weighted by Crippen LogP contribution is 2.29. The van der Waals surface area contributed by atoms with Gasteiger partial charge in [0.2, 0.25) is 17.8 Å². The van der Waals surface area contributed by atoms with Crippen molar-refractivity contribution in [1.82, 2.24) is 15.0 Å². The summed E-state index contributed by atoms with van der Waals surface area (Å²) >= 11 is 0. The molecule has 0 radical (unpaired) electrons. The first-order chi connectivity index (χ1) is 17.4. The Labute approximate surface area is 215 Å². The van der Waals surface area contributed by atoms with Crippen LogP contribution < -0.4 is 14.7 Å². The molecule has 3 fully saturated rings. The number of carbonyl (C=O) groups excluding carboxylic acids is 3. The summed E-state index contributed by atoms with van der Waals surface area (Å²) in [5.41, 5.74) is 0. The first-order valence-electron chi connectivity index (χ1n) is 14.0. The summed E-state index contributed by atoms with van der Waals surface area (Å²) in [6.45, 7) is 10.4. The molecule has 198 valence electrons. The highest BCUT2D eigenvalue weighted by molar-refractivity contribution is 5.82. The van der Waals surface area contributed by atoms with Gasteiger partial charge in [-0.3, -0.25) is 14.4 Å². The van der Waals surface area contributed by atoms with Crippen molar-refractivity contribution in [2.75, 3.05) is 54.0 Å². The smallest absolute Gasteiger partial charge is 0.231 e. The van der Waals surface area contributed by atoms with Crippen molar-refractivity contribution in [3.8, 4) is 0 Å². The zero-order chi connectivity index (χ0) is 25.7. The molecule has 3 saturated heterocycles. The van der Waals surface area contributed by atoms with Gasteiger partial charge in [0.1, 0.15) is 17.3 Å². The van der Waals surface area contributed by atoms with Crippen molar-refractivity contribution in [1.29, 1.82) is 0 Å². The Morgan fingerprint density at radius 2 is 0.750 bits per heavy atom. The van der Waals surface area contributed by atoms with Crippen LogP contribution in [0.2, 0.25) is 0 Å². The van der Waals surface area contributed by atoms with E-state index in [9.17, 15) is 14.4 Å². The maximum Gasteiger partial charge on any atom is 0.231 e. The summed E-state index contributed by atoms with van der Waals surface area (Å²) in [6, 6.07) is 0. The summed E-state index contributed by atoms with van der Waals surface area (Å²) in [4.78, 5) is 57.8. The monoisotopic (exact) mass is 498 g/mol. The van der Waals surface area contributed by atoms with Crippen LogP contribution in [0, 0.1) is 17.8 Å². The second-order valence-electron chi connectivity index (χ2n) is 10.5. The van der Waals surface area contributed by atoms with E-state index in [0.717, 1.165) is 77.8 Å². The second-order valence-corrected chi connectivity index (χ2v) is 10.5. The topological polar surface area (TPSA) is 99.6 Å². The Bertz CT molecular complexity index is 798. The second kappa shape index (κ2) is 12.1. The average Bonchev–Trinajstić information content (AvgIpc) is 2.95. The molecule has 0 saturated carbocycles. The molecule has 9 heteroatoms. The molecule has 0 aromatic carbocycles. The molecule has 4 heterocycles. The third-order valence-electron chi connectivity index (χ3n) is 8.34. The third kappa shape index (κ3) is 6.03. The van der Waals surface area contributed by atoms with Crippen LogP contribution in [-0.2, 0) is 14.4 Å². The number of aromatic nitrogens is 3. The molecule has 3 aliphatic heterocycles. The third-order valence-corrected chi connectivity index (χ3v) is 8.34. The van der Waals surface area contributed by atoms with Crippen LogP contribution >= 0.6 is 0 Å². The summed E-state index contributed by atoms with van der Waals surface area (Å²) in [6.07, 6.45) is 6.77. The number of Topliss-reactive ketones (excluding diaryl/α,β-unsaturated/α-hetero) is 3. The molecular weight excluding hydrogens is 456 g/mol. The molecule has 3 aliphatic rings. The fraction of sp³-hybridized carbons (Fsp3) is 0.778. The highest BCUT2D eigenvalue weighted by atomic mass is 16.1. The fourth-order valence-corrected chi connectivity index (χ4v) is 5.84. The zero-order valence-electron chi connectivity index (χ0n) is 22.2. The van der Waals surface area contributed by atoms with E-state index in [4.69, 9.17) is 15.0 Å². The minimum absolute atomic E-state index is 0.136. The normalized spacial score (nSPS) is 20.6. The number of ketones is 3. The lowest BCUT2D eigenvalue weighted by atomic mass is 9.91. The van der Waals surface area contributed by atoms with Crippen LogP contribution in [0.3, 0.4) is 0 Å². The van der Waals surface area contributed by atoms with Crippen LogP contribution in [-0.4, -0.2) is 71.6 Å². The first-order valence-corrected chi connectivity index (χ1v) is 14.0. The van der Waals surface area contributed by atoms with Gasteiger partial charge in [-0.15, -0.1) is 0 Å². The van der Waals surface area contributed by atoms with Gasteiger partial charge >= 0.3 is 0 Å². The van der Waals surface area contributed by atoms with Crippen molar-refractivity contribution < 1.29 is 14.4 Å². The standard InChI is InChI=1S/C27H42N6O3/c1-4-22(34)19-7-13-31(14-8-19)25-28-26(32-15-9-20(10-16-32)23(35)5-2)30-27(29-25)33-17-11-21(12-18-33)24(36)6-3/h19-21H,4-18H2,1-3H3. The molecule has 1 aromatic heterocycles. The Balaban J connectivity index is 1.52. The Hall–Kier alpha value is -2.58. The number of rotatable bonds is 9. The lowest BCUT2D eigenvalue weighted by molar-refractivity contribution is -0.123. The predicted octanol–water partition coefficient (Wildman–Crippen LogP) is 3.46. The minimum atomic E-state index is 0.136. The lowest BCUT2D eigenvalue weighted by Gasteiger charge is -2.36. The summed E-state index contributed by atoms with van der Waals surface area (Å²) in [5, 5.41) is 0. The summed E-state index contributed by atoms with van der Waals surface area (Å²) in [5.74, 6) is 3.48. The molecule has 0 N–H and O–H groups in total. The van der Waals surface area contributed by atoms with Gasteiger partial charge in [0.15, 0.2) is 0 Å². The molecule has 4 rings (SSSR count). The van der Waals surface area contributed by atoms with Gasteiger partial charge in [0.05, 0.1) is 0 Å². The molecule has 1 aromatic rings. The molecule has 0 unspecified atom stereocenters. The van der Waals surface area contributed by atoms with E-state index in [1.165, 1.54) is 0 Å². The minimum Gasteiger partial charge on any atom is -0.341 e. The Morgan fingerprint density at radius 3 is 0.944 bits per heavy atom. The van der Waals surface area contributed by atoms with E-state index in [1.807, 2.05) is 20.8 Å². The zero-order valence-corrected chi connectivity index (χ0v) is 22.2. The maximum absolute atomic E-state index is 12.2. The predicted molar refractivity (Wildman–Crippen MR) is 141 cm³/mol. The van der Waals surface area contributed by atoms with Crippen LogP contribution in [0.4, 0.5) is 17.8 Å². The number of piperidine rings is 3. The van der Waals surface area contributed by atoms with Crippen molar-refractivity contribution in [3.63, 3.8) is 0 Å². The molecular formula is C27H42N6O3. The number of hydrogen-bond acceptors (Lipinski definition) is 9. The number of hydrogen-bond donors (Lipinski definition) is 0. The van der Waals surface area contributed by atoms with E-state index < -0.39 is 0 Å². The van der Waals surface area contributed by atoms with E-state index >= 15 is 0 Å². The van der Waals surface area contributed by atoms with Gasteiger partial charge in [-0.05, 0) is 38.5 Å². The van der Waals surface area contributed by atoms with Crippen molar-refractivity contribution in [3.05, 3.63) is 0 Å². The average molecular weight is 499 g/mol. The fourth-order valence-electron chi connectivity index (χ4n) is 5.84. The van der Waals surface area contributed by atoms with Crippen LogP contribution in [0.15, 0.2) is 0 Å². The van der Waals surface area contributed by atoms with Gasteiger partial charge in [-0.2, -0.15) is 15.0 Å². The summed E-state index contributed by atoms with van der Waals surface area (Å²) in [7, 11) is 0. The molecule has 36 heavy (non-hydrogen) atoms. The SMILES string of the molecule is CCC(=O)C1CCN(c2nc(N3CCC(C(=O)CC)CC3)nc(N3CCC(C(=O)CC)CC3)n2)CC1. The van der Waals surface area contributed by atoms with Gasteiger partial charge in [0.25, 0.3) is 0 Å². The van der Waals surface area contributed by atoms with Gasteiger partial charge < -0.3 is 14.7 Å². The highest BCUT2D eigenvalue weighted by Gasteiger charge is 2.31. The van der Waals surface area contributed by atoms with E-state index in [-0.39, 0.29) is 17.8 Å². The van der Waals surface area contributed by atoms with Crippen LogP contribution in [0.25, 0.3) is 0 Å². The maximum atomic E-state index is 12.2. The van der Waals surface area contributed by atoms with E-state index in [0.29, 0.717) is 54.5 Å². The van der Waals surface area contributed by atoms with Crippen molar-refractivity contribution >= 4 is 35.2 Å². The van der Waals surface area contributed by atoms with E-state index in [2.05, 4.69) is 14.7 Å². The summed E-state index contributed by atoms with van der Waals surface area (Å²) < 4.78 is 0. The molecule has 9 nitrogen and oxygen atoms in total. The Kier molecular flexibility index (Phi) is 8.90. The number of carbonyl (C=O) groups is 3.